The van der Waals surface area contributed by atoms with E-state index in [0.717, 1.165) is 4.90 Å². The second-order valence-electron chi connectivity index (χ2n) is 2.78. The number of hydrogen-bond donors (Lipinski definition) is 0. The summed E-state index contributed by atoms with van der Waals surface area (Å²) in [5.41, 5.74) is 0. The number of hydrogen-bond acceptors (Lipinski definition) is 2. The summed E-state index contributed by atoms with van der Waals surface area (Å²) in [7, 11) is 1.35. The maximum atomic E-state index is 12.0. The molecule has 1 aromatic rings. The maximum absolute atomic E-state index is 12.0. The van der Waals surface area contributed by atoms with Gasteiger partial charge in [-0.3, -0.25) is 0 Å². The minimum Gasteiger partial charge on any atom is -0.350 e. The summed E-state index contributed by atoms with van der Waals surface area (Å²) in [4.78, 5) is 4.89. The molecule has 78 valence electrons. The van der Waals surface area contributed by atoms with Gasteiger partial charge in [0.2, 0.25) is 0 Å². The van der Waals surface area contributed by atoms with Gasteiger partial charge in [-0.1, -0.05) is 0 Å². The van der Waals surface area contributed by atoms with Crippen molar-refractivity contribution < 1.29 is 13.2 Å². The average Bonchev–Trinajstić information content (AvgIpc) is 2.01. The summed E-state index contributed by atoms with van der Waals surface area (Å²) in [6, 6.07) is 3.30. The highest BCUT2D eigenvalue weighted by Crippen LogP contribution is 2.25. The third kappa shape index (κ3) is 3.17. The molecule has 0 unspecified atom stereocenters. The van der Waals surface area contributed by atoms with Crippen LogP contribution in [0.15, 0.2) is 22.8 Å². The van der Waals surface area contributed by atoms with Gasteiger partial charge in [0.1, 0.15) is 12.4 Å². The summed E-state index contributed by atoms with van der Waals surface area (Å²) >= 11 is 3.13. The average molecular weight is 269 g/mol. The Hall–Kier alpha value is -0.780. The normalized spacial score (nSPS) is 11.5. The molecular weight excluding hydrogens is 261 g/mol. The number of aromatic nitrogens is 1. The minimum atomic E-state index is -4.22. The Balaban J connectivity index is 2.80. The first-order valence-corrected chi connectivity index (χ1v) is 4.58. The zero-order valence-corrected chi connectivity index (χ0v) is 8.93. The van der Waals surface area contributed by atoms with Crippen LogP contribution in [0.3, 0.4) is 0 Å². The van der Waals surface area contributed by atoms with Crippen molar-refractivity contribution in [2.75, 3.05) is 18.5 Å². The van der Waals surface area contributed by atoms with Gasteiger partial charge in [-0.05, 0) is 28.1 Å². The molecule has 0 bridgehead atoms. The molecule has 0 saturated carbocycles. The highest BCUT2D eigenvalue weighted by atomic mass is 79.9. The van der Waals surface area contributed by atoms with Crippen LogP contribution >= 0.6 is 15.9 Å². The lowest BCUT2D eigenvalue weighted by Gasteiger charge is -2.20. The van der Waals surface area contributed by atoms with Crippen LogP contribution < -0.4 is 4.90 Å². The topological polar surface area (TPSA) is 16.1 Å². The molecule has 0 atom stereocenters. The van der Waals surface area contributed by atoms with Crippen molar-refractivity contribution in [3.8, 4) is 0 Å². The summed E-state index contributed by atoms with van der Waals surface area (Å²) < 4.78 is 36.7. The number of alkyl halides is 3. The van der Waals surface area contributed by atoms with E-state index in [4.69, 9.17) is 0 Å². The van der Waals surface area contributed by atoms with Crippen LogP contribution in [0.1, 0.15) is 0 Å². The van der Waals surface area contributed by atoms with Gasteiger partial charge >= 0.3 is 6.18 Å². The monoisotopic (exact) mass is 268 g/mol. The Bertz CT molecular complexity index is 314. The quantitative estimate of drug-likeness (QED) is 0.820. The van der Waals surface area contributed by atoms with E-state index in [-0.39, 0.29) is 5.82 Å². The zero-order chi connectivity index (χ0) is 10.8. The third-order valence-corrected chi connectivity index (χ3v) is 2.14. The Kier molecular flexibility index (Phi) is 3.36. The van der Waals surface area contributed by atoms with Gasteiger partial charge in [-0.25, -0.2) is 4.98 Å². The van der Waals surface area contributed by atoms with Gasteiger partial charge in [-0.15, -0.1) is 0 Å². The van der Waals surface area contributed by atoms with Gasteiger partial charge in [0, 0.05) is 13.2 Å². The predicted octanol–water partition coefficient (Wildman–Crippen LogP) is 2.84. The molecule has 0 radical (unpaired) electrons. The molecule has 0 spiro atoms. The van der Waals surface area contributed by atoms with Crippen LogP contribution in [0, 0.1) is 0 Å². The van der Waals surface area contributed by atoms with Crippen LogP contribution in [-0.2, 0) is 0 Å². The van der Waals surface area contributed by atoms with E-state index in [1.807, 2.05) is 0 Å². The minimum absolute atomic E-state index is 0.282. The fourth-order valence-corrected chi connectivity index (χ4v) is 1.56. The number of anilines is 1. The third-order valence-electron chi connectivity index (χ3n) is 1.52. The molecule has 0 aliphatic heterocycles. The first kappa shape index (κ1) is 11.3. The Morgan fingerprint density at radius 1 is 1.50 bits per heavy atom. The maximum Gasteiger partial charge on any atom is 0.405 e. The molecule has 0 amide bonds. The molecule has 2 nitrogen and oxygen atoms in total. The fourth-order valence-electron chi connectivity index (χ4n) is 1.00. The lowest BCUT2D eigenvalue weighted by Crippen LogP contribution is -2.31. The van der Waals surface area contributed by atoms with E-state index >= 15 is 0 Å². The van der Waals surface area contributed by atoms with Gasteiger partial charge < -0.3 is 4.90 Å². The smallest absolute Gasteiger partial charge is 0.350 e. The second kappa shape index (κ2) is 4.16. The molecule has 0 aliphatic carbocycles. The zero-order valence-electron chi connectivity index (χ0n) is 7.35. The molecular formula is C8H8BrF3N2. The molecule has 1 rings (SSSR count). The van der Waals surface area contributed by atoms with Gasteiger partial charge in [-0.2, -0.15) is 13.2 Å². The molecule has 0 saturated heterocycles. The molecule has 0 aromatic carbocycles. The molecule has 0 N–H and O–H groups in total. The molecule has 1 aromatic heterocycles. The van der Waals surface area contributed by atoms with Crippen molar-refractivity contribution in [1.29, 1.82) is 0 Å². The van der Waals surface area contributed by atoms with Gasteiger partial charge in [0.15, 0.2) is 0 Å². The van der Waals surface area contributed by atoms with Crippen molar-refractivity contribution in [2.24, 2.45) is 0 Å². The molecule has 0 aliphatic rings. The molecule has 1 heterocycles. The highest BCUT2D eigenvalue weighted by molar-refractivity contribution is 9.10. The summed E-state index contributed by atoms with van der Waals surface area (Å²) in [5.74, 6) is 0.282. The number of rotatable bonds is 2. The van der Waals surface area contributed by atoms with Crippen molar-refractivity contribution in [2.45, 2.75) is 6.18 Å². The number of pyridine rings is 1. The van der Waals surface area contributed by atoms with Crippen LogP contribution in [0.5, 0.6) is 0 Å². The number of nitrogens with zero attached hydrogens (tertiary/aromatic N) is 2. The largest absolute Gasteiger partial charge is 0.405 e. The van der Waals surface area contributed by atoms with Crippen molar-refractivity contribution in [3.05, 3.63) is 22.8 Å². The first-order chi connectivity index (χ1) is 6.40. The highest BCUT2D eigenvalue weighted by Gasteiger charge is 2.30. The Morgan fingerprint density at radius 3 is 2.64 bits per heavy atom. The fraction of sp³-hybridized carbons (Fsp3) is 0.375. The van der Waals surface area contributed by atoms with Crippen LogP contribution in [0.4, 0.5) is 19.0 Å². The summed E-state index contributed by atoms with van der Waals surface area (Å²) in [6.45, 7) is -1.01. The van der Waals surface area contributed by atoms with Gasteiger partial charge in [0.05, 0.1) is 4.47 Å². The standard InChI is InChI=1S/C8H8BrF3N2/c1-14(5-8(10,11)12)7-6(9)3-2-4-13-7/h2-4H,5H2,1H3. The summed E-state index contributed by atoms with van der Waals surface area (Å²) in [6.07, 6.45) is -2.77. The van der Waals surface area contributed by atoms with E-state index in [1.165, 1.54) is 13.2 Å². The van der Waals surface area contributed by atoms with E-state index in [9.17, 15) is 13.2 Å². The van der Waals surface area contributed by atoms with E-state index < -0.39 is 12.7 Å². The van der Waals surface area contributed by atoms with E-state index in [2.05, 4.69) is 20.9 Å². The second-order valence-corrected chi connectivity index (χ2v) is 3.63. The van der Waals surface area contributed by atoms with Crippen molar-refractivity contribution in [3.63, 3.8) is 0 Å². The van der Waals surface area contributed by atoms with Crippen LogP contribution in [-0.4, -0.2) is 24.8 Å². The van der Waals surface area contributed by atoms with Gasteiger partial charge in [0.25, 0.3) is 0 Å². The van der Waals surface area contributed by atoms with Crippen LogP contribution in [0.2, 0.25) is 0 Å². The van der Waals surface area contributed by atoms with Crippen molar-refractivity contribution >= 4 is 21.7 Å². The van der Waals surface area contributed by atoms with Crippen molar-refractivity contribution in [1.82, 2.24) is 4.98 Å². The van der Waals surface area contributed by atoms with E-state index in [0.29, 0.717) is 4.47 Å². The summed E-state index contributed by atoms with van der Waals surface area (Å²) in [5, 5.41) is 0. The van der Waals surface area contributed by atoms with Crippen LogP contribution in [0.25, 0.3) is 0 Å². The molecule has 14 heavy (non-hydrogen) atoms. The lowest BCUT2D eigenvalue weighted by molar-refractivity contribution is -0.119. The molecule has 0 fully saturated rings. The Labute approximate surface area is 87.9 Å². The SMILES string of the molecule is CN(CC(F)(F)F)c1ncccc1Br. The van der Waals surface area contributed by atoms with E-state index in [1.54, 1.807) is 12.1 Å². The first-order valence-electron chi connectivity index (χ1n) is 3.78. The predicted molar refractivity (Wildman–Crippen MR) is 51.3 cm³/mol. The lowest BCUT2D eigenvalue weighted by atomic mass is 10.4. The molecule has 6 heteroatoms. The number of halogens is 4. The Morgan fingerprint density at radius 2 is 2.14 bits per heavy atom.